The maximum Gasteiger partial charge on any atom is 0.371 e. The SMILES string of the molecule is C=CCCOCCNC(=O)c1ccc(C(=O)O)o1. The van der Waals surface area contributed by atoms with E-state index in [9.17, 15) is 9.59 Å². The lowest BCUT2D eigenvalue weighted by Crippen LogP contribution is -2.27. The number of carbonyl (C=O) groups excluding carboxylic acids is 1. The van der Waals surface area contributed by atoms with Gasteiger partial charge in [0.15, 0.2) is 5.76 Å². The van der Waals surface area contributed by atoms with Crippen LogP contribution in [0.15, 0.2) is 29.2 Å². The van der Waals surface area contributed by atoms with Gasteiger partial charge in [0, 0.05) is 6.54 Å². The second-order valence-corrected chi connectivity index (χ2v) is 3.41. The van der Waals surface area contributed by atoms with E-state index in [0.717, 1.165) is 6.42 Å². The van der Waals surface area contributed by atoms with E-state index in [0.29, 0.717) is 19.8 Å². The fraction of sp³-hybridized carbons (Fsp3) is 0.333. The highest BCUT2D eigenvalue weighted by molar-refractivity contribution is 5.93. The summed E-state index contributed by atoms with van der Waals surface area (Å²) in [5.41, 5.74) is 0. The number of nitrogens with one attached hydrogen (secondary N) is 1. The molecule has 1 amide bonds. The van der Waals surface area contributed by atoms with E-state index >= 15 is 0 Å². The Morgan fingerprint density at radius 2 is 2.11 bits per heavy atom. The van der Waals surface area contributed by atoms with Crippen LogP contribution in [0.25, 0.3) is 0 Å². The molecule has 1 aromatic heterocycles. The summed E-state index contributed by atoms with van der Waals surface area (Å²) in [5.74, 6) is -1.96. The molecule has 18 heavy (non-hydrogen) atoms. The molecule has 2 N–H and O–H groups in total. The lowest BCUT2D eigenvalue weighted by molar-refractivity contribution is 0.0659. The Morgan fingerprint density at radius 1 is 1.39 bits per heavy atom. The first kappa shape index (κ1) is 14.0. The highest BCUT2D eigenvalue weighted by Gasteiger charge is 2.14. The van der Waals surface area contributed by atoms with Crippen LogP contribution in [0.2, 0.25) is 0 Å². The van der Waals surface area contributed by atoms with Gasteiger partial charge in [0.1, 0.15) is 0 Å². The number of carboxylic acid groups (broad SMARTS) is 1. The van der Waals surface area contributed by atoms with Crippen molar-refractivity contribution in [1.29, 1.82) is 0 Å². The number of aromatic carboxylic acids is 1. The molecule has 0 spiro atoms. The number of furan rings is 1. The standard InChI is InChI=1S/C12H15NO5/c1-2-3-7-17-8-6-13-11(14)9-4-5-10(18-9)12(15)16/h2,4-5H,1,3,6-8H2,(H,13,14)(H,15,16). The molecule has 0 aliphatic rings. The average molecular weight is 253 g/mol. The van der Waals surface area contributed by atoms with Crippen LogP contribution in [0.4, 0.5) is 0 Å². The number of ether oxygens (including phenoxy) is 1. The molecule has 0 atom stereocenters. The third-order valence-electron chi connectivity index (χ3n) is 2.04. The Morgan fingerprint density at radius 3 is 2.72 bits per heavy atom. The van der Waals surface area contributed by atoms with Crippen molar-refractivity contribution in [2.75, 3.05) is 19.8 Å². The molecule has 1 rings (SSSR count). The Labute approximate surface area is 104 Å². The molecule has 0 saturated carbocycles. The quantitative estimate of drug-likeness (QED) is 0.538. The molecule has 98 valence electrons. The monoisotopic (exact) mass is 253 g/mol. The Hall–Kier alpha value is -2.08. The first-order chi connectivity index (χ1) is 8.65. The van der Waals surface area contributed by atoms with Gasteiger partial charge in [-0.2, -0.15) is 0 Å². The van der Waals surface area contributed by atoms with Gasteiger partial charge < -0.3 is 19.6 Å². The normalized spacial score (nSPS) is 10.0. The van der Waals surface area contributed by atoms with Gasteiger partial charge in [-0.3, -0.25) is 4.79 Å². The number of hydrogen-bond acceptors (Lipinski definition) is 4. The molecule has 0 bridgehead atoms. The molecule has 0 aliphatic heterocycles. The molecule has 0 unspecified atom stereocenters. The maximum absolute atomic E-state index is 11.5. The highest BCUT2D eigenvalue weighted by Crippen LogP contribution is 2.07. The molecule has 6 heteroatoms. The minimum Gasteiger partial charge on any atom is -0.475 e. The van der Waals surface area contributed by atoms with Crippen molar-refractivity contribution in [3.63, 3.8) is 0 Å². The summed E-state index contributed by atoms with van der Waals surface area (Å²) < 4.78 is 10.0. The number of amides is 1. The molecule has 0 aromatic carbocycles. The third kappa shape index (κ3) is 4.42. The molecule has 1 heterocycles. The smallest absolute Gasteiger partial charge is 0.371 e. The fourth-order valence-corrected chi connectivity index (χ4v) is 1.17. The van der Waals surface area contributed by atoms with Crippen molar-refractivity contribution in [2.24, 2.45) is 0 Å². The second-order valence-electron chi connectivity index (χ2n) is 3.41. The Kier molecular flexibility index (Phi) is 5.66. The van der Waals surface area contributed by atoms with Crippen LogP contribution in [0, 0.1) is 0 Å². The second kappa shape index (κ2) is 7.29. The molecule has 0 radical (unpaired) electrons. The average Bonchev–Trinajstić information content (AvgIpc) is 2.83. The van der Waals surface area contributed by atoms with Gasteiger partial charge in [-0.1, -0.05) is 6.08 Å². The van der Waals surface area contributed by atoms with E-state index < -0.39 is 11.9 Å². The van der Waals surface area contributed by atoms with Crippen LogP contribution >= 0.6 is 0 Å². The van der Waals surface area contributed by atoms with Crippen LogP contribution in [0.5, 0.6) is 0 Å². The molecule has 0 aliphatic carbocycles. The lowest BCUT2D eigenvalue weighted by Gasteiger charge is -2.03. The zero-order valence-electron chi connectivity index (χ0n) is 9.85. The van der Waals surface area contributed by atoms with Crippen molar-refractivity contribution in [2.45, 2.75) is 6.42 Å². The van der Waals surface area contributed by atoms with Crippen LogP contribution in [0.3, 0.4) is 0 Å². The summed E-state index contributed by atoms with van der Waals surface area (Å²) >= 11 is 0. The maximum atomic E-state index is 11.5. The Bertz CT molecular complexity index is 424. The molecular weight excluding hydrogens is 238 g/mol. The third-order valence-corrected chi connectivity index (χ3v) is 2.04. The zero-order chi connectivity index (χ0) is 13.4. The number of carbonyl (C=O) groups is 2. The number of hydrogen-bond donors (Lipinski definition) is 2. The minimum atomic E-state index is -1.21. The summed E-state index contributed by atoms with van der Waals surface area (Å²) in [6.45, 7) is 4.83. The van der Waals surface area contributed by atoms with Gasteiger partial charge in [0.2, 0.25) is 5.76 Å². The lowest BCUT2D eigenvalue weighted by atomic mass is 10.4. The summed E-state index contributed by atoms with van der Waals surface area (Å²) in [6, 6.07) is 2.55. The van der Waals surface area contributed by atoms with Gasteiger partial charge in [0.05, 0.1) is 13.2 Å². The topological polar surface area (TPSA) is 88.8 Å². The molecule has 0 fully saturated rings. The van der Waals surface area contributed by atoms with Crippen LogP contribution in [-0.4, -0.2) is 36.7 Å². The van der Waals surface area contributed by atoms with Gasteiger partial charge >= 0.3 is 5.97 Å². The van der Waals surface area contributed by atoms with E-state index in [1.807, 2.05) is 0 Å². The van der Waals surface area contributed by atoms with E-state index in [1.54, 1.807) is 6.08 Å². The first-order valence-corrected chi connectivity index (χ1v) is 5.45. The van der Waals surface area contributed by atoms with Crippen molar-refractivity contribution >= 4 is 11.9 Å². The summed E-state index contributed by atoms with van der Waals surface area (Å²) in [7, 11) is 0. The molecule has 1 aromatic rings. The Balaban J connectivity index is 2.27. The minimum absolute atomic E-state index is 0.0292. The summed E-state index contributed by atoms with van der Waals surface area (Å²) in [4.78, 5) is 22.0. The van der Waals surface area contributed by atoms with Crippen LogP contribution in [0.1, 0.15) is 27.5 Å². The molecular formula is C12H15NO5. The van der Waals surface area contributed by atoms with Gasteiger partial charge in [-0.15, -0.1) is 6.58 Å². The van der Waals surface area contributed by atoms with Gasteiger partial charge in [-0.05, 0) is 18.6 Å². The number of rotatable bonds is 8. The van der Waals surface area contributed by atoms with Gasteiger partial charge in [-0.25, -0.2) is 4.79 Å². The highest BCUT2D eigenvalue weighted by atomic mass is 16.5. The van der Waals surface area contributed by atoms with E-state index in [1.165, 1.54) is 12.1 Å². The largest absolute Gasteiger partial charge is 0.475 e. The van der Waals surface area contributed by atoms with Crippen LogP contribution < -0.4 is 5.32 Å². The van der Waals surface area contributed by atoms with E-state index in [-0.39, 0.29) is 11.5 Å². The van der Waals surface area contributed by atoms with Crippen molar-refractivity contribution in [3.8, 4) is 0 Å². The van der Waals surface area contributed by atoms with Crippen molar-refractivity contribution in [1.82, 2.24) is 5.32 Å². The summed E-state index contributed by atoms with van der Waals surface area (Å²) in [6.07, 6.45) is 2.50. The van der Waals surface area contributed by atoms with Crippen molar-refractivity contribution < 1.29 is 23.8 Å². The molecule has 0 saturated heterocycles. The van der Waals surface area contributed by atoms with E-state index in [2.05, 4.69) is 11.9 Å². The number of carboxylic acids is 1. The first-order valence-electron chi connectivity index (χ1n) is 5.45. The predicted octanol–water partition coefficient (Wildman–Crippen LogP) is 1.30. The van der Waals surface area contributed by atoms with Crippen LogP contribution in [-0.2, 0) is 4.74 Å². The summed E-state index contributed by atoms with van der Waals surface area (Å²) in [5, 5.41) is 11.2. The fourth-order valence-electron chi connectivity index (χ4n) is 1.17. The van der Waals surface area contributed by atoms with Crippen molar-refractivity contribution in [3.05, 3.63) is 36.3 Å². The van der Waals surface area contributed by atoms with Gasteiger partial charge in [0.25, 0.3) is 5.91 Å². The zero-order valence-corrected chi connectivity index (χ0v) is 9.85. The predicted molar refractivity (Wildman–Crippen MR) is 63.6 cm³/mol. The molecule has 6 nitrogen and oxygen atoms in total. The van der Waals surface area contributed by atoms with E-state index in [4.69, 9.17) is 14.3 Å².